The number of benzene rings is 2. The Balaban J connectivity index is 1.80. The number of hydrogen-bond donors (Lipinski definition) is 1. The number of hydrogen-bond acceptors (Lipinski definition) is 3. The molecule has 158 valence electrons. The van der Waals surface area contributed by atoms with Crippen LogP contribution in [-0.2, 0) is 6.18 Å². The van der Waals surface area contributed by atoms with Gasteiger partial charge < -0.3 is 9.73 Å². The first-order valence-electron chi connectivity index (χ1n) is 8.56. The third kappa shape index (κ3) is 4.32. The van der Waals surface area contributed by atoms with Crippen molar-refractivity contribution in [1.29, 1.82) is 0 Å². The van der Waals surface area contributed by atoms with Crippen LogP contribution >= 0.6 is 0 Å². The summed E-state index contributed by atoms with van der Waals surface area (Å²) in [7, 11) is 0. The van der Waals surface area contributed by atoms with Crippen molar-refractivity contribution < 1.29 is 35.6 Å². The Morgan fingerprint density at radius 2 is 1.70 bits per heavy atom. The van der Waals surface area contributed by atoms with E-state index in [1.54, 1.807) is 0 Å². The molecule has 0 saturated carbocycles. The maximum Gasteiger partial charge on any atom is 0.419 e. The van der Waals surface area contributed by atoms with Crippen molar-refractivity contribution in [2.24, 2.45) is 0 Å². The average molecular weight is 428 g/mol. The Morgan fingerprint density at radius 1 is 1.07 bits per heavy atom. The molecule has 1 aromatic heterocycles. The molecular weight excluding hydrogens is 414 g/mol. The van der Waals surface area contributed by atoms with Gasteiger partial charge in [-0.25, -0.2) is 18.2 Å². The standard InChI is InChI=1S/C20H14F6N2O2/c1-9-15(22)6-12(7-16(9)23)10(2)27-18(29)17-8-30-19(28-17)11-3-4-14(21)13(5-11)20(24,25)26/h3-8,10H,1-2H3,(H,27,29)/t10-/m1/s1. The maximum atomic E-state index is 13.7. The van der Waals surface area contributed by atoms with Gasteiger partial charge in [0.15, 0.2) is 5.69 Å². The van der Waals surface area contributed by atoms with E-state index in [1.165, 1.54) is 13.8 Å². The van der Waals surface area contributed by atoms with Crippen LogP contribution in [0.4, 0.5) is 26.3 Å². The molecule has 4 nitrogen and oxygen atoms in total. The molecule has 3 rings (SSSR count). The van der Waals surface area contributed by atoms with Gasteiger partial charge in [0.25, 0.3) is 5.91 Å². The van der Waals surface area contributed by atoms with E-state index in [-0.39, 0.29) is 28.3 Å². The number of aromatic nitrogens is 1. The summed E-state index contributed by atoms with van der Waals surface area (Å²) < 4.78 is 84.4. The van der Waals surface area contributed by atoms with Crippen molar-refractivity contribution in [3.8, 4) is 11.5 Å². The van der Waals surface area contributed by atoms with Gasteiger partial charge in [-0.15, -0.1) is 0 Å². The second-order valence-corrected chi connectivity index (χ2v) is 6.53. The second kappa shape index (κ2) is 7.85. The third-order valence-electron chi connectivity index (χ3n) is 4.41. The predicted octanol–water partition coefficient (Wildman–Crippen LogP) is 5.58. The molecule has 0 aliphatic rings. The SMILES string of the molecule is Cc1c(F)cc([C@@H](C)NC(=O)c2coc(-c3ccc(F)c(C(F)(F)F)c3)n2)cc1F. The van der Waals surface area contributed by atoms with Gasteiger partial charge in [0.2, 0.25) is 5.89 Å². The first-order chi connectivity index (χ1) is 14.0. The number of rotatable bonds is 4. The molecule has 3 aromatic rings. The lowest BCUT2D eigenvalue weighted by molar-refractivity contribution is -0.139. The van der Waals surface area contributed by atoms with Gasteiger partial charge in [0, 0.05) is 11.1 Å². The van der Waals surface area contributed by atoms with Gasteiger partial charge in [-0.2, -0.15) is 13.2 Å². The molecule has 0 bridgehead atoms. The van der Waals surface area contributed by atoms with Crippen molar-refractivity contribution in [2.45, 2.75) is 26.1 Å². The lowest BCUT2D eigenvalue weighted by Crippen LogP contribution is -2.27. The molecule has 0 aliphatic carbocycles. The summed E-state index contributed by atoms with van der Waals surface area (Å²) in [5, 5.41) is 2.46. The first-order valence-corrected chi connectivity index (χ1v) is 8.56. The van der Waals surface area contributed by atoms with E-state index in [2.05, 4.69) is 10.3 Å². The van der Waals surface area contributed by atoms with Crippen LogP contribution in [0.15, 0.2) is 41.0 Å². The summed E-state index contributed by atoms with van der Waals surface area (Å²) in [6, 6.07) is 3.51. The molecule has 30 heavy (non-hydrogen) atoms. The Labute approximate surface area is 166 Å². The minimum Gasteiger partial charge on any atom is -0.444 e. The van der Waals surface area contributed by atoms with E-state index >= 15 is 0 Å². The summed E-state index contributed by atoms with van der Waals surface area (Å²) in [6.45, 7) is 2.76. The highest BCUT2D eigenvalue weighted by Gasteiger charge is 2.34. The molecule has 1 amide bonds. The lowest BCUT2D eigenvalue weighted by atomic mass is 10.1. The van der Waals surface area contributed by atoms with Crippen LogP contribution in [0.5, 0.6) is 0 Å². The van der Waals surface area contributed by atoms with E-state index < -0.39 is 41.1 Å². The van der Waals surface area contributed by atoms with Crippen LogP contribution in [0.1, 0.15) is 40.1 Å². The zero-order chi connectivity index (χ0) is 22.2. The van der Waals surface area contributed by atoms with Crippen molar-refractivity contribution in [3.63, 3.8) is 0 Å². The number of carbonyl (C=O) groups is 1. The van der Waals surface area contributed by atoms with E-state index in [4.69, 9.17) is 4.42 Å². The fraction of sp³-hybridized carbons (Fsp3) is 0.200. The molecule has 10 heteroatoms. The molecular formula is C20H14F6N2O2. The van der Waals surface area contributed by atoms with Crippen molar-refractivity contribution in [3.05, 3.63) is 76.4 Å². The van der Waals surface area contributed by atoms with Crippen LogP contribution in [0.3, 0.4) is 0 Å². The van der Waals surface area contributed by atoms with Crippen LogP contribution < -0.4 is 5.32 Å². The molecule has 0 unspecified atom stereocenters. The number of oxazole rings is 1. The topological polar surface area (TPSA) is 55.1 Å². The van der Waals surface area contributed by atoms with Gasteiger partial charge in [0.05, 0.1) is 11.6 Å². The zero-order valence-electron chi connectivity index (χ0n) is 15.6. The fourth-order valence-corrected chi connectivity index (χ4v) is 2.65. The summed E-state index contributed by atoms with van der Waals surface area (Å²) in [5.41, 5.74) is -1.94. The highest BCUT2D eigenvalue weighted by molar-refractivity contribution is 5.92. The summed E-state index contributed by atoms with van der Waals surface area (Å²) in [6.07, 6.45) is -4.01. The van der Waals surface area contributed by atoms with Crippen LogP contribution in [0.25, 0.3) is 11.5 Å². The van der Waals surface area contributed by atoms with Crippen LogP contribution in [0, 0.1) is 24.4 Å². The maximum absolute atomic E-state index is 13.7. The number of nitrogens with zero attached hydrogens (tertiary/aromatic N) is 1. The lowest BCUT2D eigenvalue weighted by Gasteiger charge is -2.14. The van der Waals surface area contributed by atoms with Gasteiger partial charge in [-0.05, 0) is 49.7 Å². The van der Waals surface area contributed by atoms with E-state index in [1.807, 2.05) is 0 Å². The van der Waals surface area contributed by atoms with E-state index in [0.29, 0.717) is 12.1 Å². The van der Waals surface area contributed by atoms with Crippen molar-refractivity contribution in [1.82, 2.24) is 10.3 Å². The molecule has 1 heterocycles. The minimum absolute atomic E-state index is 0.157. The quantitative estimate of drug-likeness (QED) is 0.553. The molecule has 0 radical (unpaired) electrons. The largest absolute Gasteiger partial charge is 0.444 e. The van der Waals surface area contributed by atoms with Crippen LogP contribution in [0.2, 0.25) is 0 Å². The second-order valence-electron chi connectivity index (χ2n) is 6.53. The summed E-state index contributed by atoms with van der Waals surface area (Å²) in [4.78, 5) is 16.1. The summed E-state index contributed by atoms with van der Waals surface area (Å²) >= 11 is 0. The molecule has 0 fully saturated rings. The molecule has 1 atom stereocenters. The van der Waals surface area contributed by atoms with Crippen LogP contribution in [-0.4, -0.2) is 10.9 Å². The highest BCUT2D eigenvalue weighted by atomic mass is 19.4. The number of alkyl halides is 3. The first kappa shape index (κ1) is 21.4. The minimum atomic E-state index is -4.92. The number of amides is 1. The van der Waals surface area contributed by atoms with Crippen molar-refractivity contribution >= 4 is 5.91 Å². The van der Waals surface area contributed by atoms with E-state index in [0.717, 1.165) is 24.5 Å². The Hall–Kier alpha value is -3.30. The molecule has 2 aromatic carbocycles. The van der Waals surface area contributed by atoms with Gasteiger partial charge in [0.1, 0.15) is 23.7 Å². The number of nitrogens with one attached hydrogen (secondary N) is 1. The average Bonchev–Trinajstić information content (AvgIpc) is 3.15. The van der Waals surface area contributed by atoms with Crippen molar-refractivity contribution in [2.75, 3.05) is 0 Å². The number of halogens is 6. The molecule has 0 aliphatic heterocycles. The zero-order valence-corrected chi connectivity index (χ0v) is 15.6. The van der Waals surface area contributed by atoms with Gasteiger partial charge in [-0.3, -0.25) is 4.79 Å². The highest BCUT2D eigenvalue weighted by Crippen LogP contribution is 2.34. The van der Waals surface area contributed by atoms with E-state index in [9.17, 15) is 31.1 Å². The monoisotopic (exact) mass is 428 g/mol. The smallest absolute Gasteiger partial charge is 0.419 e. The number of carbonyl (C=O) groups excluding carboxylic acids is 1. The van der Waals surface area contributed by atoms with Gasteiger partial charge in [-0.1, -0.05) is 0 Å². The molecule has 0 spiro atoms. The predicted molar refractivity (Wildman–Crippen MR) is 93.9 cm³/mol. The fourth-order valence-electron chi connectivity index (χ4n) is 2.65. The Kier molecular flexibility index (Phi) is 5.60. The molecule has 1 N–H and O–H groups in total. The third-order valence-corrected chi connectivity index (χ3v) is 4.41. The Morgan fingerprint density at radius 3 is 2.30 bits per heavy atom. The molecule has 0 saturated heterocycles. The van der Waals surface area contributed by atoms with Gasteiger partial charge >= 0.3 is 6.18 Å². The Bertz CT molecular complexity index is 1080. The summed E-state index contributed by atoms with van der Waals surface area (Å²) in [5.74, 6) is -4.11. The normalized spacial score (nSPS) is 12.7.